The Morgan fingerprint density at radius 2 is 2.00 bits per heavy atom. The third-order valence-electron chi connectivity index (χ3n) is 2.92. The lowest BCUT2D eigenvalue weighted by Crippen LogP contribution is -2.39. The van der Waals surface area contributed by atoms with Gasteiger partial charge in [-0.05, 0) is 25.0 Å². The molecule has 5 nitrogen and oxygen atoms in total. The van der Waals surface area contributed by atoms with Crippen LogP contribution in [0.15, 0.2) is 12.1 Å². The summed E-state index contributed by atoms with van der Waals surface area (Å²) >= 11 is 12.1. The molecule has 0 saturated heterocycles. The van der Waals surface area contributed by atoms with Crippen molar-refractivity contribution in [2.24, 2.45) is 0 Å². The number of carbonyl (C=O) groups is 2. The van der Waals surface area contributed by atoms with Crippen molar-refractivity contribution in [1.29, 1.82) is 0 Å². The number of amides is 2. The predicted octanol–water partition coefficient (Wildman–Crippen LogP) is 4.07. The normalized spacial score (nSPS) is 11.8. The van der Waals surface area contributed by atoms with E-state index in [9.17, 15) is 9.59 Å². The van der Waals surface area contributed by atoms with Crippen molar-refractivity contribution in [3.63, 3.8) is 0 Å². The van der Waals surface area contributed by atoms with Gasteiger partial charge < -0.3 is 15.7 Å². The minimum Gasteiger partial charge on any atom is -0.481 e. The Balaban J connectivity index is 2.76. The number of anilines is 1. The molecule has 0 saturated carbocycles. The number of carboxylic acid groups (broad SMARTS) is 1. The maximum absolute atomic E-state index is 12.0. The highest BCUT2D eigenvalue weighted by Crippen LogP contribution is 2.32. The molecule has 0 aliphatic heterocycles. The zero-order valence-electron chi connectivity index (χ0n) is 11.9. The largest absolute Gasteiger partial charge is 0.481 e. The van der Waals surface area contributed by atoms with Gasteiger partial charge in [0.1, 0.15) is 0 Å². The summed E-state index contributed by atoms with van der Waals surface area (Å²) in [5, 5.41) is 14.7. The molecule has 0 spiro atoms. The second kappa shape index (κ2) is 8.10. The van der Waals surface area contributed by atoms with Crippen molar-refractivity contribution in [1.82, 2.24) is 5.32 Å². The molecule has 0 heterocycles. The second-order valence-electron chi connectivity index (χ2n) is 4.74. The van der Waals surface area contributed by atoms with Gasteiger partial charge in [0.05, 0.1) is 22.2 Å². The van der Waals surface area contributed by atoms with Gasteiger partial charge in [0, 0.05) is 6.04 Å². The van der Waals surface area contributed by atoms with Crippen molar-refractivity contribution in [3.05, 3.63) is 27.7 Å². The van der Waals surface area contributed by atoms with Crippen LogP contribution in [0.5, 0.6) is 0 Å². The number of hydrogen-bond acceptors (Lipinski definition) is 2. The van der Waals surface area contributed by atoms with E-state index in [0.717, 1.165) is 12.0 Å². The van der Waals surface area contributed by atoms with Crippen LogP contribution in [0.4, 0.5) is 10.5 Å². The SMILES string of the molecule is CCCC(CC(=O)O)NC(=O)Nc1c(Cl)ccc(C)c1Cl. The molecule has 0 fully saturated rings. The maximum Gasteiger partial charge on any atom is 0.319 e. The molecule has 0 aromatic heterocycles. The molecular weight excluding hydrogens is 315 g/mol. The van der Waals surface area contributed by atoms with Crippen LogP contribution in [-0.4, -0.2) is 23.1 Å². The maximum atomic E-state index is 12.0. The highest BCUT2D eigenvalue weighted by atomic mass is 35.5. The molecule has 1 unspecified atom stereocenters. The first-order valence-corrected chi connectivity index (χ1v) is 7.34. The van der Waals surface area contributed by atoms with Crippen LogP contribution in [0.25, 0.3) is 0 Å². The number of rotatable bonds is 6. The minimum atomic E-state index is -0.958. The predicted molar refractivity (Wildman–Crippen MR) is 84.3 cm³/mol. The van der Waals surface area contributed by atoms with E-state index < -0.39 is 18.0 Å². The van der Waals surface area contributed by atoms with Crippen molar-refractivity contribution in [2.75, 3.05) is 5.32 Å². The van der Waals surface area contributed by atoms with Crippen LogP contribution in [0.3, 0.4) is 0 Å². The Labute approximate surface area is 133 Å². The van der Waals surface area contributed by atoms with E-state index in [1.807, 2.05) is 6.92 Å². The third-order valence-corrected chi connectivity index (χ3v) is 3.72. The fourth-order valence-electron chi connectivity index (χ4n) is 1.89. The summed E-state index contributed by atoms with van der Waals surface area (Å²) in [6.07, 6.45) is 1.22. The first-order valence-electron chi connectivity index (χ1n) is 6.59. The molecule has 0 aliphatic rings. The second-order valence-corrected chi connectivity index (χ2v) is 5.52. The Morgan fingerprint density at radius 1 is 1.33 bits per heavy atom. The van der Waals surface area contributed by atoms with E-state index in [1.54, 1.807) is 19.1 Å². The van der Waals surface area contributed by atoms with Crippen molar-refractivity contribution >= 4 is 40.9 Å². The number of carboxylic acids is 1. The number of carbonyl (C=O) groups excluding carboxylic acids is 1. The van der Waals surface area contributed by atoms with E-state index in [4.69, 9.17) is 28.3 Å². The highest BCUT2D eigenvalue weighted by Gasteiger charge is 2.17. The summed E-state index contributed by atoms with van der Waals surface area (Å²) in [5.74, 6) is -0.958. The van der Waals surface area contributed by atoms with Gasteiger partial charge in [-0.2, -0.15) is 0 Å². The number of urea groups is 1. The van der Waals surface area contributed by atoms with Gasteiger partial charge in [0.2, 0.25) is 0 Å². The minimum absolute atomic E-state index is 0.128. The molecular formula is C14H18Cl2N2O3. The molecule has 21 heavy (non-hydrogen) atoms. The lowest BCUT2D eigenvalue weighted by molar-refractivity contribution is -0.137. The van der Waals surface area contributed by atoms with Gasteiger partial charge in [-0.1, -0.05) is 42.6 Å². The molecule has 0 aliphatic carbocycles. The van der Waals surface area contributed by atoms with Crippen LogP contribution >= 0.6 is 23.2 Å². The first-order chi connectivity index (χ1) is 9.85. The lowest BCUT2D eigenvalue weighted by Gasteiger charge is -2.18. The summed E-state index contributed by atoms with van der Waals surface area (Å²) in [7, 11) is 0. The molecule has 2 amide bonds. The summed E-state index contributed by atoms with van der Waals surface area (Å²) in [4.78, 5) is 22.7. The highest BCUT2D eigenvalue weighted by molar-refractivity contribution is 6.40. The van der Waals surface area contributed by atoms with Gasteiger partial charge in [-0.3, -0.25) is 4.79 Å². The summed E-state index contributed by atoms with van der Waals surface area (Å²) < 4.78 is 0. The van der Waals surface area contributed by atoms with Crippen LogP contribution in [0.2, 0.25) is 10.0 Å². The molecule has 116 valence electrons. The van der Waals surface area contributed by atoms with Crippen LogP contribution in [0.1, 0.15) is 31.7 Å². The van der Waals surface area contributed by atoms with Gasteiger partial charge in [0.15, 0.2) is 0 Å². The van der Waals surface area contributed by atoms with Crippen molar-refractivity contribution in [3.8, 4) is 0 Å². The van der Waals surface area contributed by atoms with E-state index in [1.165, 1.54) is 0 Å². The Kier molecular flexibility index (Phi) is 6.78. The van der Waals surface area contributed by atoms with Gasteiger partial charge in [-0.15, -0.1) is 0 Å². The van der Waals surface area contributed by atoms with Crippen molar-refractivity contribution < 1.29 is 14.7 Å². The number of aliphatic carboxylic acids is 1. The average molecular weight is 333 g/mol. The zero-order valence-corrected chi connectivity index (χ0v) is 13.4. The van der Waals surface area contributed by atoms with Crippen LogP contribution < -0.4 is 10.6 Å². The van der Waals surface area contributed by atoms with E-state index in [2.05, 4.69) is 10.6 Å². The number of benzene rings is 1. The molecule has 7 heteroatoms. The van der Waals surface area contributed by atoms with Crippen LogP contribution in [-0.2, 0) is 4.79 Å². The van der Waals surface area contributed by atoms with Crippen LogP contribution in [0, 0.1) is 6.92 Å². The number of aryl methyl sites for hydroxylation is 1. The number of halogens is 2. The quantitative estimate of drug-likeness (QED) is 0.734. The monoisotopic (exact) mass is 332 g/mol. The molecule has 1 atom stereocenters. The number of hydrogen-bond donors (Lipinski definition) is 3. The summed E-state index contributed by atoms with van der Waals surface area (Å²) in [6, 6.07) is 2.43. The van der Waals surface area contributed by atoms with Gasteiger partial charge in [0.25, 0.3) is 0 Å². The van der Waals surface area contributed by atoms with E-state index in [0.29, 0.717) is 22.2 Å². The topological polar surface area (TPSA) is 78.4 Å². The van der Waals surface area contributed by atoms with Gasteiger partial charge in [-0.25, -0.2) is 4.79 Å². The van der Waals surface area contributed by atoms with Gasteiger partial charge >= 0.3 is 12.0 Å². The first kappa shape index (κ1) is 17.6. The molecule has 3 N–H and O–H groups in total. The average Bonchev–Trinajstić information content (AvgIpc) is 2.39. The summed E-state index contributed by atoms with van der Waals surface area (Å²) in [6.45, 7) is 3.72. The Bertz CT molecular complexity index is 535. The summed E-state index contributed by atoms with van der Waals surface area (Å²) in [5.41, 5.74) is 1.11. The standard InChI is InChI=1S/C14H18Cl2N2O3/c1-3-4-9(7-11(19)20)17-14(21)18-13-10(15)6-5-8(2)12(13)16/h5-6,9H,3-4,7H2,1-2H3,(H,19,20)(H2,17,18,21). The third kappa shape index (κ3) is 5.44. The Morgan fingerprint density at radius 3 is 2.57 bits per heavy atom. The smallest absolute Gasteiger partial charge is 0.319 e. The molecule has 1 aromatic carbocycles. The fourth-order valence-corrected chi connectivity index (χ4v) is 2.36. The molecule has 1 aromatic rings. The number of nitrogens with one attached hydrogen (secondary N) is 2. The molecule has 0 bridgehead atoms. The fraction of sp³-hybridized carbons (Fsp3) is 0.429. The molecule has 1 rings (SSSR count). The lowest BCUT2D eigenvalue weighted by atomic mass is 10.1. The molecule has 0 radical (unpaired) electrons. The van der Waals surface area contributed by atoms with Crippen molar-refractivity contribution in [2.45, 2.75) is 39.2 Å². The van der Waals surface area contributed by atoms with E-state index >= 15 is 0 Å². The zero-order chi connectivity index (χ0) is 16.0. The van der Waals surface area contributed by atoms with E-state index in [-0.39, 0.29) is 6.42 Å². The Hall–Kier alpha value is -1.46.